The van der Waals surface area contributed by atoms with Crippen LogP contribution >= 0.6 is 35.3 Å². The Morgan fingerprint density at radius 3 is 2.65 bits per heavy atom. The second-order valence-electron chi connectivity index (χ2n) is 6.00. The molecule has 0 spiro atoms. The molecule has 0 amide bonds. The van der Waals surface area contributed by atoms with Crippen LogP contribution in [0.3, 0.4) is 0 Å². The molecular formula is C16H30IN5O2S2. The molecule has 150 valence electrons. The van der Waals surface area contributed by atoms with Gasteiger partial charge in [-0.25, -0.2) is 13.4 Å². The zero-order valence-electron chi connectivity index (χ0n) is 15.5. The van der Waals surface area contributed by atoms with Gasteiger partial charge in [-0.15, -0.1) is 35.3 Å². The smallest absolute Gasteiger partial charge is 0.191 e. The van der Waals surface area contributed by atoms with Crippen molar-refractivity contribution in [3.8, 4) is 0 Å². The van der Waals surface area contributed by atoms with Gasteiger partial charge >= 0.3 is 0 Å². The lowest BCUT2D eigenvalue weighted by atomic mass is 10.4. The molecule has 1 aliphatic heterocycles. The Hall–Kier alpha value is -0.460. The van der Waals surface area contributed by atoms with Crippen molar-refractivity contribution in [3.63, 3.8) is 0 Å². The van der Waals surface area contributed by atoms with Crippen LogP contribution in [0.4, 0.5) is 0 Å². The molecule has 0 bridgehead atoms. The van der Waals surface area contributed by atoms with Gasteiger partial charge in [-0.1, -0.05) is 6.92 Å². The largest absolute Gasteiger partial charge is 0.357 e. The lowest BCUT2D eigenvalue weighted by molar-refractivity contribution is 0.304. The van der Waals surface area contributed by atoms with E-state index >= 15 is 0 Å². The Balaban J connectivity index is 0.00000338. The van der Waals surface area contributed by atoms with Crippen molar-refractivity contribution < 1.29 is 8.42 Å². The highest BCUT2D eigenvalue weighted by Crippen LogP contribution is 2.13. The molecule has 0 unspecified atom stereocenters. The van der Waals surface area contributed by atoms with Crippen molar-refractivity contribution >= 4 is 51.1 Å². The third kappa shape index (κ3) is 8.49. The van der Waals surface area contributed by atoms with Crippen LogP contribution in [0.15, 0.2) is 11.2 Å². The number of sulfone groups is 1. The van der Waals surface area contributed by atoms with Crippen molar-refractivity contribution in [1.29, 1.82) is 0 Å². The van der Waals surface area contributed by atoms with Gasteiger partial charge in [0.25, 0.3) is 0 Å². The maximum atomic E-state index is 11.4. The maximum absolute atomic E-state index is 11.4. The van der Waals surface area contributed by atoms with E-state index in [9.17, 15) is 8.42 Å². The van der Waals surface area contributed by atoms with Crippen molar-refractivity contribution in [3.05, 3.63) is 16.1 Å². The second-order valence-corrected chi connectivity index (χ2v) is 9.51. The van der Waals surface area contributed by atoms with E-state index < -0.39 is 9.84 Å². The molecule has 0 saturated carbocycles. The lowest BCUT2D eigenvalue weighted by Crippen LogP contribution is -2.42. The molecule has 1 aromatic rings. The van der Waals surface area contributed by atoms with Crippen LogP contribution in [0.1, 0.15) is 23.7 Å². The van der Waals surface area contributed by atoms with Crippen LogP contribution in [-0.2, 0) is 22.7 Å². The molecule has 0 aliphatic carbocycles. The fourth-order valence-corrected chi connectivity index (χ4v) is 4.67. The van der Waals surface area contributed by atoms with Crippen LogP contribution < -0.4 is 10.6 Å². The number of thiazole rings is 1. The number of nitrogens with one attached hydrogen (secondary N) is 2. The van der Waals surface area contributed by atoms with Gasteiger partial charge in [0, 0.05) is 50.2 Å². The van der Waals surface area contributed by atoms with E-state index in [0.717, 1.165) is 43.4 Å². The Kier molecular flexibility index (Phi) is 11.0. The number of aliphatic imine (C=N–C) groups is 1. The number of hydrogen-bond donors (Lipinski definition) is 2. The Labute approximate surface area is 178 Å². The predicted molar refractivity (Wildman–Crippen MR) is 120 cm³/mol. The number of guanidine groups is 1. The maximum Gasteiger partial charge on any atom is 0.191 e. The summed E-state index contributed by atoms with van der Waals surface area (Å²) in [5, 5.41) is 7.73. The molecule has 0 atom stereocenters. The summed E-state index contributed by atoms with van der Waals surface area (Å²) in [4.78, 5) is 12.5. The van der Waals surface area contributed by atoms with E-state index in [2.05, 4.69) is 32.4 Å². The van der Waals surface area contributed by atoms with Gasteiger partial charge in [-0.3, -0.25) is 9.89 Å². The van der Waals surface area contributed by atoms with E-state index in [4.69, 9.17) is 0 Å². The van der Waals surface area contributed by atoms with E-state index in [0.29, 0.717) is 19.6 Å². The standard InChI is InChI=1S/C16H29N5O2S2.HI/c1-3-14-13-20-15(24-14)5-6-18-16(17-4-2)19-7-8-21-9-11-25(22,23)12-10-21;/h13H,3-12H2,1-2H3,(H2,17,18,19);1H. The molecule has 10 heteroatoms. The fourth-order valence-electron chi connectivity index (χ4n) is 2.53. The monoisotopic (exact) mass is 515 g/mol. The van der Waals surface area contributed by atoms with Gasteiger partial charge < -0.3 is 10.6 Å². The second kappa shape index (κ2) is 12.1. The van der Waals surface area contributed by atoms with E-state index in [1.807, 2.05) is 13.1 Å². The highest BCUT2D eigenvalue weighted by molar-refractivity contribution is 14.0. The van der Waals surface area contributed by atoms with Crippen molar-refractivity contribution in [2.45, 2.75) is 26.7 Å². The van der Waals surface area contributed by atoms with Crippen LogP contribution in [0.25, 0.3) is 0 Å². The molecule has 1 saturated heterocycles. The SMILES string of the molecule is CCNC(=NCCN1CCS(=O)(=O)CC1)NCCc1ncc(CC)s1.I. The normalized spacial score (nSPS) is 17.5. The van der Waals surface area contributed by atoms with Gasteiger partial charge in [-0.2, -0.15) is 0 Å². The van der Waals surface area contributed by atoms with Crippen molar-refractivity contribution in [2.24, 2.45) is 4.99 Å². The number of nitrogens with zero attached hydrogens (tertiary/aromatic N) is 3. The number of hydrogen-bond acceptors (Lipinski definition) is 6. The summed E-state index contributed by atoms with van der Waals surface area (Å²) in [5.41, 5.74) is 0. The zero-order valence-corrected chi connectivity index (χ0v) is 19.5. The first-order valence-electron chi connectivity index (χ1n) is 8.91. The molecule has 2 rings (SSSR count). The van der Waals surface area contributed by atoms with Crippen molar-refractivity contribution in [2.75, 3.05) is 50.8 Å². The first-order chi connectivity index (χ1) is 12.0. The molecular weight excluding hydrogens is 485 g/mol. The number of halogens is 1. The first-order valence-corrected chi connectivity index (χ1v) is 11.5. The Morgan fingerprint density at radius 2 is 2.04 bits per heavy atom. The minimum atomic E-state index is -2.81. The topological polar surface area (TPSA) is 86.7 Å². The highest BCUT2D eigenvalue weighted by atomic mass is 127. The molecule has 0 aromatic carbocycles. The van der Waals surface area contributed by atoms with Gasteiger partial charge in [0.05, 0.1) is 23.1 Å². The number of rotatable bonds is 8. The highest BCUT2D eigenvalue weighted by Gasteiger charge is 2.20. The van der Waals surface area contributed by atoms with Crippen LogP contribution in [0.2, 0.25) is 0 Å². The molecule has 26 heavy (non-hydrogen) atoms. The summed E-state index contributed by atoms with van der Waals surface area (Å²) < 4.78 is 22.9. The summed E-state index contributed by atoms with van der Waals surface area (Å²) in [6, 6.07) is 0. The summed E-state index contributed by atoms with van der Waals surface area (Å²) in [5.74, 6) is 1.34. The van der Waals surface area contributed by atoms with Crippen LogP contribution in [0, 0.1) is 0 Å². The number of aryl methyl sites for hydroxylation is 1. The summed E-state index contributed by atoms with van der Waals surface area (Å²) in [7, 11) is -2.81. The van der Waals surface area contributed by atoms with Gasteiger partial charge in [-0.05, 0) is 13.3 Å². The predicted octanol–water partition coefficient (Wildman–Crippen LogP) is 1.15. The van der Waals surface area contributed by atoms with Gasteiger partial charge in [0.2, 0.25) is 0 Å². The Morgan fingerprint density at radius 1 is 1.31 bits per heavy atom. The van der Waals surface area contributed by atoms with E-state index in [-0.39, 0.29) is 35.5 Å². The quantitative estimate of drug-likeness (QED) is 0.307. The zero-order chi connectivity index (χ0) is 18.1. The molecule has 1 aromatic heterocycles. The molecule has 2 N–H and O–H groups in total. The first kappa shape index (κ1) is 23.6. The lowest BCUT2D eigenvalue weighted by Gasteiger charge is -2.25. The summed E-state index contributed by atoms with van der Waals surface area (Å²) >= 11 is 1.77. The van der Waals surface area contributed by atoms with Crippen LogP contribution in [-0.4, -0.2) is 75.0 Å². The summed E-state index contributed by atoms with van der Waals surface area (Å²) in [6.45, 7) is 8.47. The third-order valence-corrected chi connectivity index (χ3v) is 6.86. The van der Waals surface area contributed by atoms with E-state index in [1.54, 1.807) is 11.3 Å². The fraction of sp³-hybridized carbons (Fsp3) is 0.750. The molecule has 1 fully saturated rings. The molecule has 0 radical (unpaired) electrons. The molecule has 2 heterocycles. The average molecular weight is 515 g/mol. The minimum Gasteiger partial charge on any atom is -0.357 e. The summed E-state index contributed by atoms with van der Waals surface area (Å²) in [6.07, 6.45) is 3.88. The number of aromatic nitrogens is 1. The van der Waals surface area contributed by atoms with Gasteiger partial charge in [0.1, 0.15) is 0 Å². The van der Waals surface area contributed by atoms with Crippen molar-refractivity contribution in [1.82, 2.24) is 20.5 Å². The molecule has 7 nitrogen and oxygen atoms in total. The molecule has 1 aliphatic rings. The van der Waals surface area contributed by atoms with E-state index in [1.165, 1.54) is 4.88 Å². The van der Waals surface area contributed by atoms with Crippen LogP contribution in [0.5, 0.6) is 0 Å². The van der Waals surface area contributed by atoms with Gasteiger partial charge in [0.15, 0.2) is 15.8 Å². The third-order valence-electron chi connectivity index (χ3n) is 4.05. The Bertz CT molecular complexity index is 649. The minimum absolute atomic E-state index is 0. The average Bonchev–Trinajstić information content (AvgIpc) is 3.04.